The Morgan fingerprint density at radius 3 is 2.37 bits per heavy atom. The predicted molar refractivity (Wildman–Crippen MR) is 70.8 cm³/mol. The van der Waals surface area contributed by atoms with Crippen molar-refractivity contribution in [2.24, 2.45) is 0 Å². The fraction of sp³-hybridized carbons (Fsp3) is 0.750. The smallest absolute Gasteiger partial charge is 0.322 e. The Bertz CT molecular complexity index is 307. The molecule has 0 spiro atoms. The lowest BCUT2D eigenvalue weighted by Crippen LogP contribution is -2.45. The summed E-state index contributed by atoms with van der Waals surface area (Å²) in [5, 5.41) is 15.6. The van der Waals surface area contributed by atoms with Gasteiger partial charge in [0.15, 0.2) is 0 Å². The fourth-order valence-electron chi connectivity index (χ4n) is 1.44. The van der Waals surface area contributed by atoms with E-state index in [0.717, 1.165) is 25.7 Å². The Morgan fingerprint density at radius 1 is 1.11 bits per heavy atom. The van der Waals surface area contributed by atoms with E-state index in [9.17, 15) is 14.4 Å². The van der Waals surface area contributed by atoms with Gasteiger partial charge < -0.3 is 21.1 Å². The number of carbonyl (C=O) groups is 3. The average Bonchev–Trinajstić information content (AvgIpc) is 2.34. The standard InChI is InChI=1S/C12H23N3O4/c1-3-4-5-6-9(2)15-12(19)14-7-10(16)13-8-11(17)18/h9H,3-8H2,1-2H3,(H,13,16)(H,17,18)(H2,14,15,19). The monoisotopic (exact) mass is 273 g/mol. The number of aliphatic carboxylic acids is 1. The molecule has 0 heterocycles. The molecule has 4 N–H and O–H groups in total. The molecular weight excluding hydrogens is 250 g/mol. The lowest BCUT2D eigenvalue weighted by Gasteiger charge is -2.14. The van der Waals surface area contributed by atoms with Gasteiger partial charge in [0, 0.05) is 6.04 Å². The first kappa shape index (κ1) is 17.2. The molecule has 0 aromatic heterocycles. The number of rotatable bonds is 9. The van der Waals surface area contributed by atoms with E-state index >= 15 is 0 Å². The highest BCUT2D eigenvalue weighted by molar-refractivity contribution is 5.86. The topological polar surface area (TPSA) is 108 Å². The van der Waals surface area contributed by atoms with Gasteiger partial charge in [0.2, 0.25) is 5.91 Å². The van der Waals surface area contributed by atoms with Crippen molar-refractivity contribution in [3.63, 3.8) is 0 Å². The van der Waals surface area contributed by atoms with Crippen molar-refractivity contribution in [1.82, 2.24) is 16.0 Å². The van der Waals surface area contributed by atoms with Crippen molar-refractivity contribution >= 4 is 17.9 Å². The zero-order chi connectivity index (χ0) is 14.7. The number of urea groups is 1. The zero-order valence-corrected chi connectivity index (χ0v) is 11.5. The van der Waals surface area contributed by atoms with Gasteiger partial charge in [-0.2, -0.15) is 0 Å². The number of carboxylic acids is 1. The Labute approximate surface area is 113 Å². The van der Waals surface area contributed by atoms with Crippen molar-refractivity contribution in [1.29, 1.82) is 0 Å². The summed E-state index contributed by atoms with van der Waals surface area (Å²) in [6.07, 6.45) is 4.21. The molecule has 7 heteroatoms. The molecule has 19 heavy (non-hydrogen) atoms. The minimum atomic E-state index is -1.12. The van der Waals surface area contributed by atoms with Gasteiger partial charge in [0.05, 0.1) is 6.54 Å². The molecule has 0 aliphatic carbocycles. The summed E-state index contributed by atoms with van der Waals surface area (Å²) in [5.41, 5.74) is 0. The van der Waals surface area contributed by atoms with Gasteiger partial charge in [-0.05, 0) is 13.3 Å². The lowest BCUT2D eigenvalue weighted by molar-refractivity contribution is -0.137. The van der Waals surface area contributed by atoms with E-state index in [1.54, 1.807) is 0 Å². The zero-order valence-electron chi connectivity index (χ0n) is 11.5. The van der Waals surface area contributed by atoms with E-state index in [1.807, 2.05) is 6.92 Å². The Kier molecular flexibility index (Phi) is 9.20. The maximum absolute atomic E-state index is 11.4. The summed E-state index contributed by atoms with van der Waals surface area (Å²) >= 11 is 0. The number of hydrogen-bond donors (Lipinski definition) is 4. The molecule has 3 amide bonds. The summed E-state index contributed by atoms with van der Waals surface area (Å²) < 4.78 is 0. The summed E-state index contributed by atoms with van der Waals surface area (Å²) in [4.78, 5) is 32.7. The van der Waals surface area contributed by atoms with Gasteiger partial charge in [-0.25, -0.2) is 4.79 Å². The number of carboxylic acid groups (broad SMARTS) is 1. The molecule has 1 atom stereocenters. The van der Waals surface area contributed by atoms with Crippen molar-refractivity contribution in [2.45, 2.75) is 45.6 Å². The molecule has 0 aromatic rings. The fourth-order valence-corrected chi connectivity index (χ4v) is 1.44. The first-order valence-corrected chi connectivity index (χ1v) is 6.48. The number of amides is 3. The summed E-state index contributed by atoms with van der Waals surface area (Å²) in [6.45, 7) is 3.33. The van der Waals surface area contributed by atoms with E-state index in [1.165, 1.54) is 0 Å². The van der Waals surface area contributed by atoms with E-state index in [2.05, 4.69) is 22.9 Å². The average molecular weight is 273 g/mol. The van der Waals surface area contributed by atoms with Crippen LogP contribution < -0.4 is 16.0 Å². The first-order valence-electron chi connectivity index (χ1n) is 6.48. The van der Waals surface area contributed by atoms with Gasteiger partial charge in [-0.1, -0.05) is 26.2 Å². The highest BCUT2D eigenvalue weighted by Crippen LogP contribution is 2.02. The van der Waals surface area contributed by atoms with Gasteiger partial charge in [-0.3, -0.25) is 9.59 Å². The minimum absolute atomic E-state index is 0.0497. The maximum Gasteiger partial charge on any atom is 0.322 e. The second-order valence-electron chi connectivity index (χ2n) is 4.39. The lowest BCUT2D eigenvalue weighted by atomic mass is 10.1. The van der Waals surface area contributed by atoms with Crippen LogP contribution in [0.4, 0.5) is 4.79 Å². The highest BCUT2D eigenvalue weighted by atomic mass is 16.4. The minimum Gasteiger partial charge on any atom is -0.480 e. The Balaban J connectivity index is 3.68. The molecule has 0 aromatic carbocycles. The van der Waals surface area contributed by atoms with Gasteiger partial charge in [0.25, 0.3) is 0 Å². The molecule has 0 fully saturated rings. The largest absolute Gasteiger partial charge is 0.480 e. The van der Waals surface area contributed by atoms with Gasteiger partial charge in [-0.15, -0.1) is 0 Å². The van der Waals surface area contributed by atoms with Gasteiger partial charge in [0.1, 0.15) is 6.54 Å². The van der Waals surface area contributed by atoms with Crippen LogP contribution >= 0.6 is 0 Å². The third-order valence-corrected chi connectivity index (χ3v) is 2.46. The molecule has 0 rings (SSSR count). The number of carbonyl (C=O) groups excluding carboxylic acids is 2. The second-order valence-corrected chi connectivity index (χ2v) is 4.39. The van der Waals surface area contributed by atoms with Crippen LogP contribution in [0.2, 0.25) is 0 Å². The molecule has 0 saturated carbocycles. The molecule has 0 saturated heterocycles. The van der Waals surface area contributed by atoms with E-state index in [0.29, 0.717) is 0 Å². The van der Waals surface area contributed by atoms with Crippen LogP contribution in [0, 0.1) is 0 Å². The summed E-state index contributed by atoms with van der Waals surface area (Å²) in [6, 6.07) is -0.372. The van der Waals surface area contributed by atoms with Crippen LogP contribution in [0.5, 0.6) is 0 Å². The number of unbranched alkanes of at least 4 members (excludes halogenated alkanes) is 2. The molecule has 110 valence electrons. The van der Waals surface area contributed by atoms with Crippen LogP contribution in [0.25, 0.3) is 0 Å². The third kappa shape index (κ3) is 11.1. The van der Waals surface area contributed by atoms with E-state index in [4.69, 9.17) is 5.11 Å². The van der Waals surface area contributed by atoms with Crippen molar-refractivity contribution in [3.8, 4) is 0 Å². The first-order chi connectivity index (χ1) is 8.95. The van der Waals surface area contributed by atoms with Crippen LogP contribution in [0.3, 0.4) is 0 Å². The quantitative estimate of drug-likeness (QED) is 0.458. The second kappa shape index (κ2) is 10.2. The molecule has 0 bridgehead atoms. The van der Waals surface area contributed by atoms with Crippen LogP contribution in [0.15, 0.2) is 0 Å². The number of hydrogen-bond acceptors (Lipinski definition) is 3. The predicted octanol–water partition coefficient (Wildman–Crippen LogP) is 0.455. The molecule has 1 unspecified atom stereocenters. The van der Waals surface area contributed by atoms with Crippen LogP contribution in [0.1, 0.15) is 39.5 Å². The van der Waals surface area contributed by atoms with Crippen LogP contribution in [-0.4, -0.2) is 42.1 Å². The molecule has 0 aliphatic heterocycles. The summed E-state index contributed by atoms with van der Waals surface area (Å²) in [5.74, 6) is -1.65. The van der Waals surface area contributed by atoms with Crippen molar-refractivity contribution < 1.29 is 19.5 Å². The molecule has 7 nitrogen and oxygen atoms in total. The van der Waals surface area contributed by atoms with Crippen molar-refractivity contribution in [2.75, 3.05) is 13.1 Å². The third-order valence-electron chi connectivity index (χ3n) is 2.46. The molecular formula is C12H23N3O4. The highest BCUT2D eigenvalue weighted by Gasteiger charge is 2.09. The SMILES string of the molecule is CCCCCC(C)NC(=O)NCC(=O)NCC(=O)O. The van der Waals surface area contributed by atoms with E-state index < -0.39 is 24.5 Å². The molecule has 0 radical (unpaired) electrons. The van der Waals surface area contributed by atoms with Crippen molar-refractivity contribution in [3.05, 3.63) is 0 Å². The van der Waals surface area contributed by atoms with Crippen LogP contribution in [-0.2, 0) is 9.59 Å². The Hall–Kier alpha value is -1.79. The summed E-state index contributed by atoms with van der Waals surface area (Å²) in [7, 11) is 0. The Morgan fingerprint density at radius 2 is 1.79 bits per heavy atom. The van der Waals surface area contributed by atoms with Gasteiger partial charge >= 0.3 is 12.0 Å². The van der Waals surface area contributed by atoms with E-state index in [-0.39, 0.29) is 12.6 Å². The normalized spacial score (nSPS) is 11.5. The number of nitrogens with one attached hydrogen (secondary N) is 3. The maximum atomic E-state index is 11.4. The molecule has 0 aliphatic rings.